The van der Waals surface area contributed by atoms with Crippen LogP contribution in [0.4, 0.5) is 4.79 Å². The largest absolute Gasteiger partial charge is 0.481 e. The summed E-state index contributed by atoms with van der Waals surface area (Å²) < 4.78 is 5.61. The number of aliphatic carboxylic acids is 1. The maximum Gasteiger partial charge on any atom is 0.407 e. The van der Waals surface area contributed by atoms with Crippen LogP contribution in [0.5, 0.6) is 0 Å². The zero-order valence-electron chi connectivity index (χ0n) is 20.2. The molecule has 3 atom stereocenters. The third-order valence-corrected chi connectivity index (χ3v) is 7.83. The number of ether oxygens (including phenoxy) is 1. The number of nitrogens with zero attached hydrogens (tertiary/aromatic N) is 1. The molecule has 2 heterocycles. The fourth-order valence-electron chi connectivity index (χ4n) is 6.17. The molecule has 3 aliphatic rings. The van der Waals surface area contributed by atoms with E-state index in [0.717, 1.165) is 24.0 Å². The summed E-state index contributed by atoms with van der Waals surface area (Å²) in [7, 11) is 0. The van der Waals surface area contributed by atoms with E-state index in [2.05, 4.69) is 29.6 Å². The van der Waals surface area contributed by atoms with Crippen molar-refractivity contribution < 1.29 is 24.2 Å². The highest BCUT2D eigenvalue weighted by Crippen LogP contribution is 2.45. The van der Waals surface area contributed by atoms with Crippen molar-refractivity contribution in [3.05, 3.63) is 59.7 Å². The van der Waals surface area contributed by atoms with Crippen molar-refractivity contribution in [2.24, 2.45) is 11.3 Å². The van der Waals surface area contributed by atoms with Gasteiger partial charge in [-0.05, 0) is 46.9 Å². The summed E-state index contributed by atoms with van der Waals surface area (Å²) in [6.45, 7) is 4.40. The second kappa shape index (κ2) is 9.02. The molecule has 2 N–H and O–H groups in total. The molecule has 35 heavy (non-hydrogen) atoms. The molecule has 7 heteroatoms. The van der Waals surface area contributed by atoms with E-state index >= 15 is 0 Å². The van der Waals surface area contributed by atoms with E-state index in [-0.39, 0.29) is 36.9 Å². The Morgan fingerprint density at radius 3 is 2.26 bits per heavy atom. The van der Waals surface area contributed by atoms with Crippen molar-refractivity contribution in [1.82, 2.24) is 10.2 Å². The molecule has 0 saturated carbocycles. The molecular weight excluding hydrogens is 444 g/mol. The molecule has 2 aromatic rings. The Morgan fingerprint density at radius 1 is 1.03 bits per heavy atom. The fourth-order valence-corrected chi connectivity index (χ4v) is 6.17. The summed E-state index contributed by atoms with van der Waals surface area (Å²) in [5.74, 6) is -1.30. The van der Waals surface area contributed by atoms with Gasteiger partial charge in [0, 0.05) is 31.0 Å². The molecule has 0 unspecified atom stereocenters. The standard InChI is InChI=1S/C28H32N2O5/c1-28(2,14-25(31)30-17-11-12-24(30)22(13-17)26(32)33)16-29-27(34)35-15-23-20-9-5-3-7-18(20)19-8-4-6-10-21(19)23/h3-10,17,22-24H,11-16H2,1-2H3,(H,29,34)(H,32,33)/t17-,22+,24+/m1/s1. The third kappa shape index (κ3) is 4.40. The van der Waals surface area contributed by atoms with Gasteiger partial charge in [-0.15, -0.1) is 0 Å². The van der Waals surface area contributed by atoms with Gasteiger partial charge in [0.1, 0.15) is 6.61 Å². The predicted molar refractivity (Wildman–Crippen MR) is 131 cm³/mol. The molecular formula is C28H32N2O5. The van der Waals surface area contributed by atoms with Crippen molar-refractivity contribution in [3.8, 4) is 11.1 Å². The molecule has 0 aromatic heterocycles. The number of fused-ring (bicyclic) bond motifs is 5. The fraction of sp³-hybridized carbons (Fsp3) is 0.464. The molecule has 2 fully saturated rings. The highest BCUT2D eigenvalue weighted by molar-refractivity contribution is 5.81. The first-order valence-corrected chi connectivity index (χ1v) is 12.4. The van der Waals surface area contributed by atoms with Crippen LogP contribution in [0.15, 0.2) is 48.5 Å². The third-order valence-electron chi connectivity index (χ3n) is 7.83. The number of carboxylic acid groups (broad SMARTS) is 1. The van der Waals surface area contributed by atoms with Crippen molar-refractivity contribution >= 4 is 18.0 Å². The van der Waals surface area contributed by atoms with Gasteiger partial charge in [-0.3, -0.25) is 9.59 Å². The summed E-state index contributed by atoms with van der Waals surface area (Å²) in [5, 5.41) is 12.3. The molecule has 0 radical (unpaired) electrons. The summed E-state index contributed by atoms with van der Waals surface area (Å²) in [6, 6.07) is 16.2. The van der Waals surface area contributed by atoms with Gasteiger partial charge in [-0.25, -0.2) is 4.79 Å². The lowest BCUT2D eigenvalue weighted by atomic mass is 9.88. The first-order valence-electron chi connectivity index (χ1n) is 12.4. The van der Waals surface area contributed by atoms with Crippen molar-refractivity contribution in [3.63, 3.8) is 0 Å². The van der Waals surface area contributed by atoms with Gasteiger partial charge in [-0.2, -0.15) is 0 Å². The average molecular weight is 477 g/mol. The molecule has 2 aromatic carbocycles. The lowest BCUT2D eigenvalue weighted by Gasteiger charge is -2.29. The highest BCUT2D eigenvalue weighted by atomic mass is 16.5. The maximum absolute atomic E-state index is 13.1. The van der Waals surface area contributed by atoms with Gasteiger partial charge in [0.25, 0.3) is 0 Å². The van der Waals surface area contributed by atoms with E-state index < -0.39 is 23.4 Å². The number of hydrogen-bond acceptors (Lipinski definition) is 4. The Balaban J connectivity index is 1.15. The smallest absolute Gasteiger partial charge is 0.407 e. The van der Waals surface area contributed by atoms with Crippen LogP contribution in [0.25, 0.3) is 11.1 Å². The SMILES string of the molecule is CC(C)(CNC(=O)OCC1c2ccccc2-c2ccccc21)CC(=O)N1[C@@H]2CC[C@H]1[C@@H](C(=O)O)C2. The molecule has 0 spiro atoms. The molecule has 184 valence electrons. The Labute approximate surface area is 205 Å². The number of rotatable bonds is 7. The zero-order valence-corrected chi connectivity index (χ0v) is 20.2. The lowest BCUT2D eigenvalue weighted by Crippen LogP contribution is -2.42. The van der Waals surface area contributed by atoms with Crippen molar-refractivity contribution in [2.45, 2.75) is 57.5 Å². The highest BCUT2D eigenvalue weighted by Gasteiger charge is 2.51. The van der Waals surface area contributed by atoms with Gasteiger partial charge >= 0.3 is 12.1 Å². The number of hydrogen-bond donors (Lipinski definition) is 2. The van der Waals surface area contributed by atoms with E-state index in [1.807, 2.05) is 38.1 Å². The Morgan fingerprint density at radius 2 is 1.66 bits per heavy atom. The number of alkyl carbamates (subject to hydrolysis) is 1. The van der Waals surface area contributed by atoms with Crippen LogP contribution in [0.3, 0.4) is 0 Å². The van der Waals surface area contributed by atoms with E-state index in [1.54, 1.807) is 4.90 Å². The van der Waals surface area contributed by atoms with Gasteiger partial charge in [0.05, 0.1) is 5.92 Å². The topological polar surface area (TPSA) is 95.9 Å². The first kappa shape index (κ1) is 23.4. The minimum Gasteiger partial charge on any atom is -0.481 e. The van der Waals surface area contributed by atoms with Crippen LogP contribution in [0.2, 0.25) is 0 Å². The Hall–Kier alpha value is -3.35. The number of carboxylic acids is 1. The number of nitrogens with one attached hydrogen (secondary N) is 1. The quantitative estimate of drug-likeness (QED) is 0.617. The lowest BCUT2D eigenvalue weighted by molar-refractivity contribution is -0.143. The molecule has 2 bridgehead atoms. The molecule has 5 rings (SSSR count). The first-order chi connectivity index (χ1) is 16.7. The van der Waals surface area contributed by atoms with Gasteiger partial charge in [0.2, 0.25) is 5.91 Å². The number of benzene rings is 2. The molecule has 2 aliphatic heterocycles. The van der Waals surface area contributed by atoms with Crippen LogP contribution in [0.1, 0.15) is 56.6 Å². The van der Waals surface area contributed by atoms with E-state index in [0.29, 0.717) is 13.0 Å². The van der Waals surface area contributed by atoms with Crippen molar-refractivity contribution in [2.75, 3.05) is 13.2 Å². The van der Waals surface area contributed by atoms with Gasteiger partial charge in [-0.1, -0.05) is 62.4 Å². The maximum atomic E-state index is 13.1. The zero-order chi connectivity index (χ0) is 24.7. The predicted octanol–water partition coefficient (Wildman–Crippen LogP) is 4.41. The van der Waals surface area contributed by atoms with E-state index in [1.165, 1.54) is 11.1 Å². The van der Waals surface area contributed by atoms with Crippen LogP contribution < -0.4 is 5.32 Å². The monoisotopic (exact) mass is 476 g/mol. The second-order valence-corrected chi connectivity index (χ2v) is 10.8. The summed E-state index contributed by atoms with van der Waals surface area (Å²) in [6.07, 6.45) is 1.92. The summed E-state index contributed by atoms with van der Waals surface area (Å²) >= 11 is 0. The van der Waals surface area contributed by atoms with Crippen LogP contribution in [-0.4, -0.2) is 53.2 Å². The number of carbonyl (C=O) groups excluding carboxylic acids is 2. The van der Waals surface area contributed by atoms with Crippen LogP contribution in [-0.2, 0) is 14.3 Å². The normalized spacial score (nSPS) is 22.6. The second-order valence-electron chi connectivity index (χ2n) is 10.8. The van der Waals surface area contributed by atoms with Crippen molar-refractivity contribution in [1.29, 1.82) is 0 Å². The minimum absolute atomic E-state index is 0.00411. The minimum atomic E-state index is -0.814. The number of amides is 2. The van der Waals surface area contributed by atoms with Crippen LogP contribution >= 0.6 is 0 Å². The van der Waals surface area contributed by atoms with Gasteiger partial charge < -0.3 is 20.1 Å². The average Bonchev–Trinajstić information content (AvgIpc) is 3.51. The Kier molecular flexibility index (Phi) is 6.03. The summed E-state index contributed by atoms with van der Waals surface area (Å²) in [4.78, 5) is 38.9. The van der Waals surface area contributed by atoms with Crippen LogP contribution in [0, 0.1) is 11.3 Å². The van der Waals surface area contributed by atoms with Gasteiger partial charge in [0.15, 0.2) is 0 Å². The number of carbonyl (C=O) groups is 3. The van der Waals surface area contributed by atoms with E-state index in [9.17, 15) is 19.5 Å². The Bertz CT molecular complexity index is 1110. The van der Waals surface area contributed by atoms with E-state index in [4.69, 9.17) is 4.74 Å². The summed E-state index contributed by atoms with van der Waals surface area (Å²) in [5.41, 5.74) is 4.19. The molecule has 2 amide bonds. The molecule has 2 saturated heterocycles. The molecule has 1 aliphatic carbocycles. The molecule has 7 nitrogen and oxygen atoms in total.